The predicted molar refractivity (Wildman–Crippen MR) is 102 cm³/mol. The van der Waals surface area contributed by atoms with Gasteiger partial charge in [0.1, 0.15) is 5.82 Å². The summed E-state index contributed by atoms with van der Waals surface area (Å²) in [7, 11) is 0. The van der Waals surface area contributed by atoms with E-state index in [0.717, 1.165) is 17.8 Å². The van der Waals surface area contributed by atoms with Gasteiger partial charge in [-0.2, -0.15) is 0 Å². The van der Waals surface area contributed by atoms with Crippen LogP contribution in [0.5, 0.6) is 0 Å². The molecule has 3 heteroatoms. The standard InChI is InChI=1S/C21H35FN2/c1-18(2,3)21(19(4,5)6)13-24(20(7,8)9)16-11-10-15(22)14(12-23)17(16)21/h10-11H,12-13,23H2,1-9H3. The van der Waals surface area contributed by atoms with Gasteiger partial charge in [0.05, 0.1) is 0 Å². The van der Waals surface area contributed by atoms with Crippen molar-refractivity contribution in [2.75, 3.05) is 11.4 Å². The third-order valence-electron chi connectivity index (χ3n) is 5.92. The molecule has 0 aliphatic carbocycles. The van der Waals surface area contributed by atoms with Crippen LogP contribution in [0.15, 0.2) is 12.1 Å². The summed E-state index contributed by atoms with van der Waals surface area (Å²) in [6.45, 7) is 21.5. The lowest BCUT2D eigenvalue weighted by Gasteiger charge is -2.53. The fourth-order valence-electron chi connectivity index (χ4n) is 4.86. The molecule has 0 saturated heterocycles. The van der Waals surface area contributed by atoms with Crippen molar-refractivity contribution in [3.8, 4) is 0 Å². The van der Waals surface area contributed by atoms with Gasteiger partial charge in [0.15, 0.2) is 0 Å². The lowest BCUT2D eigenvalue weighted by atomic mass is 9.51. The average Bonchev–Trinajstić information content (AvgIpc) is 2.73. The van der Waals surface area contributed by atoms with Crippen molar-refractivity contribution in [1.29, 1.82) is 0 Å². The van der Waals surface area contributed by atoms with Crippen molar-refractivity contribution in [3.05, 3.63) is 29.1 Å². The van der Waals surface area contributed by atoms with Crippen LogP contribution in [0.3, 0.4) is 0 Å². The van der Waals surface area contributed by atoms with Crippen molar-refractivity contribution in [2.45, 2.75) is 79.8 Å². The highest BCUT2D eigenvalue weighted by Gasteiger charge is 2.59. The van der Waals surface area contributed by atoms with E-state index in [1.807, 2.05) is 6.07 Å². The minimum atomic E-state index is -0.181. The van der Waals surface area contributed by atoms with Crippen LogP contribution in [0.4, 0.5) is 10.1 Å². The molecule has 2 nitrogen and oxygen atoms in total. The van der Waals surface area contributed by atoms with E-state index >= 15 is 0 Å². The van der Waals surface area contributed by atoms with Gasteiger partial charge >= 0.3 is 0 Å². The minimum Gasteiger partial charge on any atom is -0.366 e. The van der Waals surface area contributed by atoms with Crippen LogP contribution in [0.1, 0.15) is 73.4 Å². The van der Waals surface area contributed by atoms with Gasteiger partial charge < -0.3 is 10.6 Å². The molecule has 1 aromatic rings. The van der Waals surface area contributed by atoms with Gasteiger partial charge in [-0.3, -0.25) is 0 Å². The second-order valence-electron chi connectivity index (χ2n) is 10.3. The zero-order valence-corrected chi connectivity index (χ0v) is 17.0. The summed E-state index contributed by atoms with van der Waals surface area (Å²) in [5.41, 5.74) is 8.71. The SMILES string of the molecule is CC(C)(C)N1CC(C(C)(C)C)(C(C)(C)C)c2c1ccc(F)c2CN. The summed E-state index contributed by atoms with van der Waals surface area (Å²) in [5, 5.41) is 0. The van der Waals surface area contributed by atoms with E-state index in [9.17, 15) is 4.39 Å². The fraction of sp³-hybridized carbons (Fsp3) is 0.714. The van der Waals surface area contributed by atoms with Crippen LogP contribution in [-0.2, 0) is 12.0 Å². The zero-order chi connectivity index (χ0) is 18.7. The monoisotopic (exact) mass is 334 g/mol. The van der Waals surface area contributed by atoms with Crippen molar-refractivity contribution in [2.24, 2.45) is 16.6 Å². The summed E-state index contributed by atoms with van der Waals surface area (Å²) < 4.78 is 14.7. The first-order chi connectivity index (χ1) is 10.7. The van der Waals surface area contributed by atoms with Crippen LogP contribution >= 0.6 is 0 Å². The quantitative estimate of drug-likeness (QED) is 0.761. The van der Waals surface area contributed by atoms with Gasteiger partial charge in [-0.1, -0.05) is 41.5 Å². The molecule has 136 valence electrons. The molecular formula is C21H35FN2. The van der Waals surface area contributed by atoms with E-state index in [4.69, 9.17) is 5.73 Å². The highest BCUT2D eigenvalue weighted by Crippen LogP contribution is 2.61. The highest BCUT2D eigenvalue weighted by atomic mass is 19.1. The van der Waals surface area contributed by atoms with Gasteiger partial charge in [-0.15, -0.1) is 0 Å². The Morgan fingerprint density at radius 3 is 1.88 bits per heavy atom. The van der Waals surface area contributed by atoms with Crippen LogP contribution in [-0.4, -0.2) is 12.1 Å². The number of fused-ring (bicyclic) bond motifs is 1. The Morgan fingerprint density at radius 2 is 1.50 bits per heavy atom. The summed E-state index contributed by atoms with van der Waals surface area (Å²) in [6.07, 6.45) is 0. The van der Waals surface area contributed by atoms with Crippen LogP contribution in [0.25, 0.3) is 0 Å². The van der Waals surface area contributed by atoms with E-state index < -0.39 is 0 Å². The Kier molecular flexibility index (Phi) is 4.37. The molecule has 0 spiro atoms. The second-order valence-corrected chi connectivity index (χ2v) is 10.3. The van der Waals surface area contributed by atoms with E-state index in [2.05, 4.69) is 67.2 Å². The van der Waals surface area contributed by atoms with Gasteiger partial charge in [-0.05, 0) is 49.3 Å². The average molecular weight is 335 g/mol. The lowest BCUT2D eigenvalue weighted by molar-refractivity contribution is 0.0625. The number of nitrogens with two attached hydrogens (primary N) is 1. The fourth-order valence-corrected chi connectivity index (χ4v) is 4.86. The van der Waals surface area contributed by atoms with Gasteiger partial charge in [0.25, 0.3) is 0 Å². The molecule has 0 aromatic heterocycles. The summed E-state index contributed by atoms with van der Waals surface area (Å²) in [6, 6.07) is 3.54. The van der Waals surface area contributed by atoms with Crippen molar-refractivity contribution in [3.63, 3.8) is 0 Å². The molecule has 0 amide bonds. The summed E-state index contributed by atoms with van der Waals surface area (Å²) in [5.74, 6) is -0.176. The van der Waals surface area contributed by atoms with E-state index in [1.165, 1.54) is 0 Å². The summed E-state index contributed by atoms with van der Waals surface area (Å²) in [4.78, 5) is 2.44. The van der Waals surface area contributed by atoms with Crippen molar-refractivity contribution < 1.29 is 4.39 Å². The first-order valence-corrected chi connectivity index (χ1v) is 8.98. The molecule has 0 bridgehead atoms. The molecule has 0 unspecified atom stereocenters. The van der Waals surface area contributed by atoms with Gasteiger partial charge in [0, 0.05) is 35.3 Å². The Balaban J connectivity index is 2.96. The highest BCUT2D eigenvalue weighted by molar-refractivity contribution is 5.68. The maximum Gasteiger partial charge on any atom is 0.128 e. The molecule has 0 saturated carbocycles. The lowest BCUT2D eigenvalue weighted by Crippen LogP contribution is -2.55. The third-order valence-corrected chi connectivity index (χ3v) is 5.92. The minimum absolute atomic E-state index is 0.0300. The Bertz CT molecular complexity index is 613. The smallest absolute Gasteiger partial charge is 0.128 e. The van der Waals surface area contributed by atoms with E-state index in [1.54, 1.807) is 6.07 Å². The Morgan fingerprint density at radius 1 is 1.00 bits per heavy atom. The molecular weight excluding hydrogens is 299 g/mol. The second kappa shape index (κ2) is 5.45. The maximum absolute atomic E-state index is 14.7. The first kappa shape index (κ1) is 19.2. The molecule has 2 N–H and O–H groups in total. The topological polar surface area (TPSA) is 29.3 Å². The summed E-state index contributed by atoms with van der Waals surface area (Å²) >= 11 is 0. The first-order valence-electron chi connectivity index (χ1n) is 8.98. The molecule has 2 rings (SSSR count). The molecule has 1 aliphatic heterocycles. The molecule has 1 heterocycles. The van der Waals surface area contributed by atoms with Gasteiger partial charge in [-0.25, -0.2) is 4.39 Å². The molecule has 0 fully saturated rings. The molecule has 0 radical (unpaired) electrons. The Hall–Kier alpha value is -1.09. The molecule has 24 heavy (non-hydrogen) atoms. The number of hydrogen-bond donors (Lipinski definition) is 1. The number of nitrogens with zero attached hydrogens (tertiary/aromatic N) is 1. The third kappa shape index (κ3) is 2.56. The van der Waals surface area contributed by atoms with Crippen molar-refractivity contribution >= 4 is 5.69 Å². The molecule has 1 aliphatic rings. The van der Waals surface area contributed by atoms with Crippen molar-refractivity contribution in [1.82, 2.24) is 0 Å². The molecule has 1 aromatic carbocycles. The largest absolute Gasteiger partial charge is 0.366 e. The molecule has 0 atom stereocenters. The number of benzene rings is 1. The zero-order valence-electron chi connectivity index (χ0n) is 17.0. The number of anilines is 1. The predicted octanol–water partition coefficient (Wildman–Crippen LogP) is 5.23. The number of halogens is 1. The maximum atomic E-state index is 14.7. The number of hydrogen-bond acceptors (Lipinski definition) is 2. The van der Waals surface area contributed by atoms with Crippen LogP contribution in [0, 0.1) is 16.6 Å². The van der Waals surface area contributed by atoms with Crippen LogP contribution in [0.2, 0.25) is 0 Å². The normalized spacial score (nSPS) is 18.0. The number of rotatable bonds is 1. The van der Waals surface area contributed by atoms with Crippen LogP contribution < -0.4 is 10.6 Å². The van der Waals surface area contributed by atoms with Gasteiger partial charge in [0.2, 0.25) is 0 Å². The Labute approximate surface area is 147 Å². The van der Waals surface area contributed by atoms with E-state index in [0.29, 0.717) is 5.56 Å². The van der Waals surface area contributed by atoms with E-state index in [-0.39, 0.29) is 34.1 Å².